The van der Waals surface area contributed by atoms with Gasteiger partial charge < -0.3 is 0 Å². The molecule has 0 radical (unpaired) electrons. The molecule has 0 bridgehead atoms. The van der Waals surface area contributed by atoms with Gasteiger partial charge in [0.15, 0.2) is 5.78 Å². The zero-order chi connectivity index (χ0) is 13.9. The lowest BCUT2D eigenvalue weighted by atomic mass is 9.52. The Labute approximate surface area is 121 Å². The van der Waals surface area contributed by atoms with Gasteiger partial charge in [0.1, 0.15) is 5.78 Å². The van der Waals surface area contributed by atoms with E-state index in [9.17, 15) is 9.59 Å². The molecular formula is C18H24O2. The second-order valence-corrected chi connectivity index (χ2v) is 7.72. The van der Waals surface area contributed by atoms with Crippen LogP contribution in [0.1, 0.15) is 58.3 Å². The maximum Gasteiger partial charge on any atom is 0.155 e. The maximum atomic E-state index is 12.3. The quantitative estimate of drug-likeness (QED) is 0.674. The van der Waals surface area contributed by atoms with Gasteiger partial charge in [-0.2, -0.15) is 0 Å². The third-order valence-electron chi connectivity index (χ3n) is 7.01. The Morgan fingerprint density at radius 1 is 1.00 bits per heavy atom. The number of ketones is 2. The largest absolute Gasteiger partial charge is 0.299 e. The van der Waals surface area contributed by atoms with E-state index in [0.717, 1.165) is 50.4 Å². The number of rotatable bonds is 0. The normalized spacial score (nSPS) is 47.4. The molecule has 4 rings (SSSR count). The second kappa shape index (κ2) is 4.29. The van der Waals surface area contributed by atoms with Gasteiger partial charge in [0.05, 0.1) is 0 Å². The van der Waals surface area contributed by atoms with Crippen LogP contribution in [0.25, 0.3) is 0 Å². The van der Waals surface area contributed by atoms with Crippen molar-refractivity contribution in [2.75, 3.05) is 0 Å². The van der Waals surface area contributed by atoms with Crippen molar-refractivity contribution in [3.05, 3.63) is 11.6 Å². The summed E-state index contributed by atoms with van der Waals surface area (Å²) in [6.45, 7) is 2.24. The van der Waals surface area contributed by atoms with E-state index in [4.69, 9.17) is 0 Å². The van der Waals surface area contributed by atoms with E-state index in [1.54, 1.807) is 0 Å². The summed E-state index contributed by atoms with van der Waals surface area (Å²) in [5.41, 5.74) is 1.43. The number of fused-ring (bicyclic) bond motifs is 5. The van der Waals surface area contributed by atoms with Crippen LogP contribution in [0, 0.1) is 29.1 Å². The minimum absolute atomic E-state index is 0.00707. The summed E-state index contributed by atoms with van der Waals surface area (Å²) in [5, 5.41) is 0. The highest BCUT2D eigenvalue weighted by atomic mass is 16.1. The summed E-state index contributed by atoms with van der Waals surface area (Å²) < 4.78 is 0. The molecule has 0 aliphatic heterocycles. The van der Waals surface area contributed by atoms with E-state index in [1.807, 2.05) is 6.08 Å². The van der Waals surface area contributed by atoms with Gasteiger partial charge in [-0.25, -0.2) is 0 Å². The fraction of sp³-hybridized carbons (Fsp3) is 0.778. The molecule has 2 nitrogen and oxygen atoms in total. The van der Waals surface area contributed by atoms with Gasteiger partial charge in [-0.1, -0.05) is 12.5 Å². The molecule has 0 N–H and O–H groups in total. The van der Waals surface area contributed by atoms with Gasteiger partial charge in [-0.3, -0.25) is 9.59 Å². The van der Waals surface area contributed by atoms with E-state index in [-0.39, 0.29) is 5.41 Å². The first-order valence-corrected chi connectivity index (χ1v) is 8.36. The van der Waals surface area contributed by atoms with E-state index in [2.05, 4.69) is 6.92 Å². The summed E-state index contributed by atoms with van der Waals surface area (Å²) in [7, 11) is 0. The van der Waals surface area contributed by atoms with Crippen LogP contribution in [0.3, 0.4) is 0 Å². The number of carbonyl (C=O) groups is 2. The van der Waals surface area contributed by atoms with Gasteiger partial charge in [0.25, 0.3) is 0 Å². The molecule has 0 aromatic heterocycles. The number of carbonyl (C=O) groups excluding carboxylic acids is 2. The lowest BCUT2D eigenvalue weighted by Crippen LogP contribution is -2.46. The topological polar surface area (TPSA) is 34.1 Å². The third-order valence-corrected chi connectivity index (χ3v) is 7.01. The van der Waals surface area contributed by atoms with Crippen molar-refractivity contribution in [2.45, 2.75) is 58.3 Å². The van der Waals surface area contributed by atoms with Crippen LogP contribution in [-0.2, 0) is 9.59 Å². The Morgan fingerprint density at radius 3 is 2.70 bits per heavy atom. The summed E-state index contributed by atoms with van der Waals surface area (Å²) in [5.74, 6) is 3.66. The Bertz CT molecular complexity index is 504. The first kappa shape index (κ1) is 12.8. The summed E-state index contributed by atoms with van der Waals surface area (Å²) >= 11 is 0. The van der Waals surface area contributed by atoms with Crippen LogP contribution in [0.4, 0.5) is 0 Å². The smallest absolute Gasteiger partial charge is 0.155 e. The average Bonchev–Trinajstić information content (AvgIpc) is 2.74. The highest BCUT2D eigenvalue weighted by Crippen LogP contribution is 2.60. The van der Waals surface area contributed by atoms with Gasteiger partial charge >= 0.3 is 0 Å². The molecule has 0 heterocycles. The molecule has 0 saturated heterocycles. The molecule has 4 aliphatic rings. The van der Waals surface area contributed by atoms with Crippen LogP contribution < -0.4 is 0 Å². The van der Waals surface area contributed by atoms with Crippen LogP contribution >= 0.6 is 0 Å². The Balaban J connectivity index is 1.65. The number of allylic oxidation sites excluding steroid dienone is 1. The van der Waals surface area contributed by atoms with Crippen LogP contribution in [0.2, 0.25) is 0 Å². The zero-order valence-electron chi connectivity index (χ0n) is 12.4. The SMILES string of the molecule is C[C@]12CCC3C4CCC(=O)C=C4CCC3C1CCC2=O. The monoisotopic (exact) mass is 272 g/mol. The fourth-order valence-electron chi connectivity index (χ4n) is 5.95. The van der Waals surface area contributed by atoms with E-state index < -0.39 is 0 Å². The van der Waals surface area contributed by atoms with Crippen molar-refractivity contribution in [3.8, 4) is 0 Å². The standard InChI is InChI=1S/C18H24O2/c1-18-9-8-14-13-5-3-12(19)10-11(13)2-4-15(14)16(18)6-7-17(18)20/h10,13-16H,2-9H2,1H3/t13?,14?,15?,16?,18-/m0/s1. The molecular weight excluding hydrogens is 248 g/mol. The molecule has 0 amide bonds. The Morgan fingerprint density at radius 2 is 1.85 bits per heavy atom. The first-order chi connectivity index (χ1) is 9.59. The van der Waals surface area contributed by atoms with Gasteiger partial charge in [-0.15, -0.1) is 0 Å². The first-order valence-electron chi connectivity index (χ1n) is 8.36. The van der Waals surface area contributed by atoms with E-state index >= 15 is 0 Å². The van der Waals surface area contributed by atoms with E-state index in [1.165, 1.54) is 18.4 Å². The highest BCUT2D eigenvalue weighted by molar-refractivity contribution is 5.91. The third kappa shape index (κ3) is 1.63. The zero-order valence-corrected chi connectivity index (χ0v) is 12.4. The second-order valence-electron chi connectivity index (χ2n) is 7.72. The fourth-order valence-corrected chi connectivity index (χ4v) is 5.95. The molecule has 4 unspecified atom stereocenters. The lowest BCUT2D eigenvalue weighted by Gasteiger charge is -2.52. The molecule has 0 spiro atoms. The van der Waals surface area contributed by atoms with Crippen molar-refractivity contribution in [3.63, 3.8) is 0 Å². The van der Waals surface area contributed by atoms with Crippen LogP contribution in [-0.4, -0.2) is 11.6 Å². The summed E-state index contributed by atoms with van der Waals surface area (Å²) in [6, 6.07) is 0. The predicted molar refractivity (Wildman–Crippen MR) is 77.1 cm³/mol. The molecule has 3 saturated carbocycles. The van der Waals surface area contributed by atoms with Gasteiger partial charge in [0.2, 0.25) is 0 Å². The minimum atomic E-state index is -0.00707. The minimum Gasteiger partial charge on any atom is -0.299 e. The number of Topliss-reactive ketones (excluding diaryl/α,β-unsaturated/α-hetero) is 1. The predicted octanol–water partition coefficient (Wildman–Crippen LogP) is 3.70. The van der Waals surface area contributed by atoms with E-state index in [0.29, 0.717) is 23.4 Å². The molecule has 2 heteroatoms. The van der Waals surface area contributed by atoms with Crippen molar-refractivity contribution >= 4 is 11.6 Å². The molecule has 3 fully saturated rings. The van der Waals surface area contributed by atoms with Crippen LogP contribution in [0.15, 0.2) is 11.6 Å². The number of hydrogen-bond acceptors (Lipinski definition) is 2. The lowest BCUT2D eigenvalue weighted by molar-refractivity contribution is -0.131. The Hall–Kier alpha value is -0.920. The van der Waals surface area contributed by atoms with Crippen LogP contribution in [0.5, 0.6) is 0 Å². The molecule has 4 aliphatic carbocycles. The summed E-state index contributed by atoms with van der Waals surface area (Å²) in [4.78, 5) is 23.9. The summed E-state index contributed by atoms with van der Waals surface area (Å²) in [6.07, 6.45) is 10.3. The highest BCUT2D eigenvalue weighted by Gasteiger charge is 2.55. The molecule has 0 aromatic rings. The molecule has 108 valence electrons. The average molecular weight is 272 g/mol. The van der Waals surface area contributed by atoms with Crippen molar-refractivity contribution in [1.29, 1.82) is 0 Å². The number of hydrogen-bond donors (Lipinski definition) is 0. The molecule has 0 aromatic carbocycles. The van der Waals surface area contributed by atoms with Crippen molar-refractivity contribution < 1.29 is 9.59 Å². The maximum absolute atomic E-state index is 12.3. The van der Waals surface area contributed by atoms with Crippen molar-refractivity contribution in [1.82, 2.24) is 0 Å². The van der Waals surface area contributed by atoms with Gasteiger partial charge in [0, 0.05) is 18.3 Å². The Kier molecular flexibility index (Phi) is 2.74. The molecule has 20 heavy (non-hydrogen) atoms. The van der Waals surface area contributed by atoms with Crippen molar-refractivity contribution in [2.24, 2.45) is 29.1 Å². The molecule has 5 atom stereocenters. The van der Waals surface area contributed by atoms with Gasteiger partial charge in [-0.05, 0) is 68.3 Å².